The second-order valence-corrected chi connectivity index (χ2v) is 5.04. The molecular formula is C15H21FN2O2. The van der Waals surface area contributed by atoms with Gasteiger partial charge in [0, 0.05) is 19.1 Å². The quantitative estimate of drug-likeness (QED) is 0.861. The number of likely N-dealkylation sites (tertiary alicyclic amines) is 1. The molecule has 0 atom stereocenters. The van der Waals surface area contributed by atoms with E-state index in [1.54, 1.807) is 0 Å². The predicted octanol–water partition coefficient (Wildman–Crippen LogP) is 2.51. The summed E-state index contributed by atoms with van der Waals surface area (Å²) < 4.78 is 18.5. The highest BCUT2D eigenvalue weighted by Gasteiger charge is 2.19. The molecule has 1 N–H and O–H groups in total. The van der Waals surface area contributed by atoms with Crippen LogP contribution in [0.3, 0.4) is 0 Å². The summed E-state index contributed by atoms with van der Waals surface area (Å²) in [5.74, 6) is -0.788. The molecule has 1 aliphatic heterocycles. The van der Waals surface area contributed by atoms with E-state index in [4.69, 9.17) is 0 Å². The molecule has 20 heavy (non-hydrogen) atoms. The lowest BCUT2D eigenvalue weighted by Gasteiger charge is -2.32. The highest BCUT2D eigenvalue weighted by atomic mass is 19.1. The van der Waals surface area contributed by atoms with E-state index in [2.05, 4.69) is 21.9 Å². The van der Waals surface area contributed by atoms with Crippen molar-refractivity contribution in [3.05, 3.63) is 29.6 Å². The van der Waals surface area contributed by atoms with Crippen molar-refractivity contribution in [2.75, 3.05) is 32.1 Å². The molecule has 0 unspecified atom stereocenters. The first kappa shape index (κ1) is 14.8. The van der Waals surface area contributed by atoms with Gasteiger partial charge in [-0.1, -0.05) is 6.92 Å². The zero-order valence-electron chi connectivity index (χ0n) is 12.0. The number of rotatable bonds is 4. The number of benzene rings is 1. The Morgan fingerprint density at radius 1 is 1.45 bits per heavy atom. The Balaban J connectivity index is 2.03. The number of hydrogen-bond acceptors (Lipinski definition) is 4. The molecule has 0 saturated carbocycles. The minimum Gasteiger partial charge on any atom is -0.465 e. The lowest BCUT2D eigenvalue weighted by Crippen LogP contribution is -2.39. The Labute approximate surface area is 118 Å². The molecule has 1 heterocycles. The van der Waals surface area contributed by atoms with Gasteiger partial charge in [-0.25, -0.2) is 9.18 Å². The molecule has 0 spiro atoms. The van der Waals surface area contributed by atoms with Crippen LogP contribution in [0.5, 0.6) is 0 Å². The second-order valence-electron chi connectivity index (χ2n) is 5.04. The smallest absolute Gasteiger partial charge is 0.337 e. The number of anilines is 1. The number of halogens is 1. The van der Waals surface area contributed by atoms with Gasteiger partial charge in [-0.2, -0.15) is 0 Å². The van der Waals surface area contributed by atoms with Gasteiger partial charge >= 0.3 is 5.97 Å². The molecule has 0 bridgehead atoms. The van der Waals surface area contributed by atoms with E-state index < -0.39 is 5.97 Å². The van der Waals surface area contributed by atoms with E-state index in [9.17, 15) is 9.18 Å². The molecule has 4 nitrogen and oxygen atoms in total. The maximum absolute atomic E-state index is 13.8. The molecule has 5 heteroatoms. The number of carbonyl (C=O) groups excluding carboxylic acids is 1. The minimum atomic E-state index is -0.450. The van der Waals surface area contributed by atoms with Crippen molar-refractivity contribution in [1.82, 2.24) is 4.90 Å². The summed E-state index contributed by atoms with van der Waals surface area (Å²) in [5, 5.41) is 3.20. The van der Waals surface area contributed by atoms with Gasteiger partial charge in [0.05, 0.1) is 18.4 Å². The average molecular weight is 280 g/mol. The summed E-state index contributed by atoms with van der Waals surface area (Å²) >= 11 is 0. The van der Waals surface area contributed by atoms with Crippen LogP contribution in [0.1, 0.15) is 30.1 Å². The van der Waals surface area contributed by atoms with E-state index in [1.807, 2.05) is 0 Å². The molecule has 1 saturated heterocycles. The summed E-state index contributed by atoms with van der Waals surface area (Å²) in [6, 6.07) is 4.51. The van der Waals surface area contributed by atoms with Gasteiger partial charge in [-0.3, -0.25) is 0 Å². The topological polar surface area (TPSA) is 41.6 Å². The van der Waals surface area contributed by atoms with Gasteiger partial charge < -0.3 is 15.0 Å². The summed E-state index contributed by atoms with van der Waals surface area (Å²) in [5.41, 5.74) is 0.741. The third-order valence-electron chi connectivity index (χ3n) is 3.78. The molecule has 1 fully saturated rings. The normalized spacial score (nSPS) is 16.9. The Bertz CT molecular complexity index is 471. The summed E-state index contributed by atoms with van der Waals surface area (Å²) in [7, 11) is 1.32. The van der Waals surface area contributed by atoms with E-state index >= 15 is 0 Å². The molecule has 0 aromatic heterocycles. The number of hydrogen-bond donors (Lipinski definition) is 1. The van der Waals surface area contributed by atoms with Crippen LogP contribution in [0.2, 0.25) is 0 Å². The number of piperidine rings is 1. The van der Waals surface area contributed by atoms with Gasteiger partial charge in [0.1, 0.15) is 5.82 Å². The fraction of sp³-hybridized carbons (Fsp3) is 0.533. The van der Waals surface area contributed by atoms with Gasteiger partial charge in [0.25, 0.3) is 0 Å². The fourth-order valence-electron chi connectivity index (χ4n) is 2.49. The van der Waals surface area contributed by atoms with E-state index in [1.165, 1.54) is 25.3 Å². The van der Waals surface area contributed by atoms with Crippen molar-refractivity contribution >= 4 is 11.7 Å². The molecule has 1 aromatic carbocycles. The van der Waals surface area contributed by atoms with Crippen molar-refractivity contribution < 1.29 is 13.9 Å². The first-order chi connectivity index (χ1) is 9.63. The lowest BCUT2D eigenvalue weighted by atomic mass is 10.0. The maximum atomic E-state index is 13.8. The predicted molar refractivity (Wildman–Crippen MR) is 76.5 cm³/mol. The van der Waals surface area contributed by atoms with Crippen molar-refractivity contribution in [3.8, 4) is 0 Å². The van der Waals surface area contributed by atoms with Crippen LogP contribution in [0.15, 0.2) is 18.2 Å². The molecule has 0 radical (unpaired) electrons. The minimum absolute atomic E-state index is 0.250. The number of carbonyl (C=O) groups is 1. The van der Waals surface area contributed by atoms with Crippen LogP contribution in [-0.2, 0) is 4.74 Å². The maximum Gasteiger partial charge on any atom is 0.337 e. The zero-order chi connectivity index (χ0) is 14.5. The zero-order valence-corrected chi connectivity index (χ0v) is 12.0. The van der Waals surface area contributed by atoms with Gasteiger partial charge in [-0.15, -0.1) is 0 Å². The fourth-order valence-corrected chi connectivity index (χ4v) is 2.49. The highest BCUT2D eigenvalue weighted by molar-refractivity contribution is 5.90. The number of nitrogens with one attached hydrogen (secondary N) is 1. The third-order valence-corrected chi connectivity index (χ3v) is 3.78. The Kier molecular flexibility index (Phi) is 4.95. The highest BCUT2D eigenvalue weighted by Crippen LogP contribution is 2.21. The number of methoxy groups -OCH3 is 1. The van der Waals surface area contributed by atoms with Crippen LogP contribution < -0.4 is 5.32 Å². The van der Waals surface area contributed by atoms with Crippen LogP contribution in [-0.4, -0.2) is 43.7 Å². The monoisotopic (exact) mass is 280 g/mol. The van der Waals surface area contributed by atoms with Crippen LogP contribution >= 0.6 is 0 Å². The van der Waals surface area contributed by atoms with E-state index in [-0.39, 0.29) is 11.9 Å². The van der Waals surface area contributed by atoms with Gasteiger partial charge in [0.2, 0.25) is 0 Å². The largest absolute Gasteiger partial charge is 0.465 e. The Morgan fingerprint density at radius 3 is 2.75 bits per heavy atom. The standard InChI is InChI=1S/C15H21FN2O2/c1-3-18-8-6-12(7-9-18)17-14-10-11(15(19)20-2)4-5-13(14)16/h4-5,10,12,17H,3,6-9H2,1-2H3. The molecule has 1 aromatic rings. The third kappa shape index (κ3) is 3.48. The van der Waals surface area contributed by atoms with Crippen molar-refractivity contribution in [2.24, 2.45) is 0 Å². The van der Waals surface area contributed by atoms with Crippen molar-refractivity contribution in [2.45, 2.75) is 25.8 Å². The lowest BCUT2D eigenvalue weighted by molar-refractivity contribution is 0.0600. The van der Waals surface area contributed by atoms with Crippen LogP contribution in [0, 0.1) is 5.82 Å². The summed E-state index contributed by atoms with van der Waals surface area (Å²) in [6.07, 6.45) is 1.96. The summed E-state index contributed by atoms with van der Waals surface area (Å²) in [6.45, 7) is 5.24. The molecule has 0 aliphatic carbocycles. The van der Waals surface area contributed by atoms with Gasteiger partial charge in [0.15, 0.2) is 0 Å². The number of nitrogens with zero attached hydrogens (tertiary/aromatic N) is 1. The summed E-state index contributed by atoms with van der Waals surface area (Å²) in [4.78, 5) is 13.8. The molecule has 2 rings (SSSR count). The Morgan fingerprint density at radius 2 is 2.15 bits per heavy atom. The molecule has 0 amide bonds. The average Bonchev–Trinajstić information content (AvgIpc) is 2.49. The number of ether oxygens (including phenoxy) is 1. The van der Waals surface area contributed by atoms with Gasteiger partial charge in [-0.05, 0) is 37.6 Å². The Hall–Kier alpha value is -1.62. The van der Waals surface area contributed by atoms with E-state index in [0.717, 1.165) is 32.5 Å². The first-order valence-electron chi connectivity index (χ1n) is 7.00. The molecular weight excluding hydrogens is 259 g/mol. The van der Waals surface area contributed by atoms with E-state index in [0.29, 0.717) is 11.3 Å². The van der Waals surface area contributed by atoms with Crippen LogP contribution in [0.4, 0.5) is 10.1 Å². The van der Waals surface area contributed by atoms with Crippen molar-refractivity contribution in [3.63, 3.8) is 0 Å². The van der Waals surface area contributed by atoms with Crippen molar-refractivity contribution in [1.29, 1.82) is 0 Å². The first-order valence-corrected chi connectivity index (χ1v) is 7.00. The molecule has 1 aliphatic rings. The second kappa shape index (κ2) is 6.70. The SMILES string of the molecule is CCN1CCC(Nc2cc(C(=O)OC)ccc2F)CC1. The molecule has 110 valence electrons. The van der Waals surface area contributed by atoms with Crippen LogP contribution in [0.25, 0.3) is 0 Å². The number of esters is 1.